The van der Waals surface area contributed by atoms with Gasteiger partial charge in [-0.25, -0.2) is 16.8 Å². The Morgan fingerprint density at radius 2 is 1.41 bits per heavy atom. The van der Waals surface area contributed by atoms with E-state index in [1.165, 1.54) is 43.5 Å². The predicted octanol–water partition coefficient (Wildman–Crippen LogP) is 4.64. The Morgan fingerprint density at radius 3 is 2.03 bits per heavy atom. The van der Waals surface area contributed by atoms with E-state index < -0.39 is 32.5 Å². The molecular formula is C28H27N3O6S2. The van der Waals surface area contributed by atoms with Crippen LogP contribution in [-0.2, 0) is 24.8 Å². The maximum atomic E-state index is 13.4. The predicted molar refractivity (Wildman–Crippen MR) is 151 cm³/mol. The first kappa shape index (κ1) is 27.7. The summed E-state index contributed by atoms with van der Waals surface area (Å²) in [5, 5.41) is 2.65. The lowest BCUT2D eigenvalue weighted by Crippen LogP contribution is -2.38. The van der Waals surface area contributed by atoms with Gasteiger partial charge in [-0.05, 0) is 85.3 Å². The molecule has 0 bridgehead atoms. The molecule has 4 aromatic carbocycles. The number of sulfonamides is 2. The van der Waals surface area contributed by atoms with Crippen LogP contribution in [0.5, 0.6) is 5.75 Å². The Morgan fingerprint density at radius 1 is 0.769 bits per heavy atom. The molecule has 11 heteroatoms. The first-order valence-corrected chi connectivity index (χ1v) is 14.7. The summed E-state index contributed by atoms with van der Waals surface area (Å²) in [6.45, 7) is 1.34. The van der Waals surface area contributed by atoms with E-state index in [0.717, 1.165) is 9.87 Å². The van der Waals surface area contributed by atoms with Gasteiger partial charge >= 0.3 is 0 Å². The lowest BCUT2D eigenvalue weighted by atomic mass is 10.2. The van der Waals surface area contributed by atoms with Gasteiger partial charge in [-0.2, -0.15) is 0 Å². The quantitative estimate of drug-likeness (QED) is 0.289. The minimum atomic E-state index is -4.04. The molecule has 39 heavy (non-hydrogen) atoms. The number of rotatable bonds is 10. The number of carbonyl (C=O) groups excluding carboxylic acids is 1. The smallest absolute Gasteiger partial charge is 0.264 e. The normalized spacial score (nSPS) is 11.4. The number of nitrogens with zero attached hydrogens (tertiary/aromatic N) is 1. The van der Waals surface area contributed by atoms with Crippen molar-refractivity contribution in [3.8, 4) is 5.75 Å². The van der Waals surface area contributed by atoms with Crippen molar-refractivity contribution < 1.29 is 26.4 Å². The average molecular weight is 566 g/mol. The molecule has 0 heterocycles. The second kappa shape index (κ2) is 11.6. The van der Waals surface area contributed by atoms with E-state index in [2.05, 4.69) is 10.0 Å². The molecule has 0 saturated heterocycles. The topological polar surface area (TPSA) is 122 Å². The maximum absolute atomic E-state index is 13.4. The molecule has 0 unspecified atom stereocenters. The van der Waals surface area contributed by atoms with Crippen molar-refractivity contribution in [2.45, 2.75) is 16.7 Å². The molecule has 0 aliphatic rings. The first-order valence-electron chi connectivity index (χ1n) is 11.8. The maximum Gasteiger partial charge on any atom is 0.264 e. The van der Waals surface area contributed by atoms with Crippen molar-refractivity contribution in [3.05, 3.63) is 109 Å². The van der Waals surface area contributed by atoms with Gasteiger partial charge in [-0.15, -0.1) is 0 Å². The monoisotopic (exact) mass is 565 g/mol. The molecule has 1 amide bonds. The zero-order valence-corrected chi connectivity index (χ0v) is 22.9. The fourth-order valence-corrected chi connectivity index (χ4v) is 6.23. The summed E-state index contributed by atoms with van der Waals surface area (Å²) in [5.74, 6) is -0.00134. The van der Waals surface area contributed by atoms with Crippen molar-refractivity contribution in [3.63, 3.8) is 0 Å². The van der Waals surface area contributed by atoms with Gasteiger partial charge in [-0.1, -0.05) is 30.3 Å². The van der Waals surface area contributed by atoms with E-state index in [4.69, 9.17) is 4.74 Å². The van der Waals surface area contributed by atoms with E-state index in [1.807, 2.05) is 13.0 Å². The molecule has 0 spiro atoms. The fourth-order valence-electron chi connectivity index (χ4n) is 3.74. The van der Waals surface area contributed by atoms with E-state index in [-0.39, 0.29) is 9.79 Å². The average Bonchev–Trinajstić information content (AvgIpc) is 2.92. The molecule has 202 valence electrons. The van der Waals surface area contributed by atoms with Gasteiger partial charge in [0, 0.05) is 11.4 Å². The second-order valence-corrected chi connectivity index (χ2v) is 12.1. The van der Waals surface area contributed by atoms with Crippen molar-refractivity contribution in [1.82, 2.24) is 0 Å². The molecule has 0 radical (unpaired) electrons. The molecular weight excluding hydrogens is 538 g/mol. The van der Waals surface area contributed by atoms with Gasteiger partial charge < -0.3 is 10.1 Å². The van der Waals surface area contributed by atoms with Crippen LogP contribution in [0.4, 0.5) is 17.1 Å². The molecule has 4 rings (SSSR count). The van der Waals surface area contributed by atoms with Crippen LogP contribution in [0, 0.1) is 6.92 Å². The number of hydrogen-bond donors (Lipinski definition) is 2. The highest BCUT2D eigenvalue weighted by atomic mass is 32.2. The molecule has 0 aliphatic heterocycles. The van der Waals surface area contributed by atoms with Crippen LogP contribution < -0.4 is 19.1 Å². The van der Waals surface area contributed by atoms with Crippen molar-refractivity contribution in [1.29, 1.82) is 0 Å². The highest BCUT2D eigenvalue weighted by Crippen LogP contribution is 2.25. The number of benzene rings is 4. The minimum Gasteiger partial charge on any atom is -0.497 e. The summed E-state index contributed by atoms with van der Waals surface area (Å²) in [7, 11) is -6.40. The highest BCUT2D eigenvalue weighted by molar-refractivity contribution is 7.93. The van der Waals surface area contributed by atoms with E-state index in [1.54, 1.807) is 60.7 Å². The Balaban J connectivity index is 1.50. The van der Waals surface area contributed by atoms with Gasteiger partial charge in [-0.3, -0.25) is 13.8 Å². The van der Waals surface area contributed by atoms with Crippen molar-refractivity contribution >= 4 is 43.0 Å². The minimum absolute atomic E-state index is 0.00985. The van der Waals surface area contributed by atoms with E-state index >= 15 is 0 Å². The number of carbonyl (C=O) groups is 1. The van der Waals surface area contributed by atoms with Crippen LogP contribution in [0.2, 0.25) is 0 Å². The summed E-state index contributed by atoms with van der Waals surface area (Å²) < 4.78 is 61.0. The van der Waals surface area contributed by atoms with E-state index in [9.17, 15) is 21.6 Å². The number of hydrogen-bond acceptors (Lipinski definition) is 6. The van der Waals surface area contributed by atoms with Gasteiger partial charge in [0.25, 0.3) is 20.0 Å². The van der Waals surface area contributed by atoms with Gasteiger partial charge in [0.05, 0.1) is 22.6 Å². The largest absolute Gasteiger partial charge is 0.497 e. The lowest BCUT2D eigenvalue weighted by Gasteiger charge is -2.24. The first-order chi connectivity index (χ1) is 18.6. The Labute approximate surface area is 228 Å². The van der Waals surface area contributed by atoms with Crippen LogP contribution in [0.1, 0.15) is 5.56 Å². The number of ether oxygens (including phenoxy) is 1. The standard InChI is InChI=1S/C28H27N3O6S2/c1-21-7-6-8-24(19-21)31(39(35,36)27-9-4-3-5-10-27)20-28(32)29-22-13-17-26(18-14-22)38(33,34)30-23-11-15-25(37-2)16-12-23/h3-19,30H,20H2,1-2H3,(H,29,32). The summed E-state index contributed by atoms with van der Waals surface area (Å²) in [4.78, 5) is 13.0. The third-order valence-electron chi connectivity index (χ3n) is 5.70. The molecule has 9 nitrogen and oxygen atoms in total. The van der Waals surface area contributed by atoms with Crippen LogP contribution in [0.3, 0.4) is 0 Å². The number of nitrogens with one attached hydrogen (secondary N) is 2. The fraction of sp³-hybridized carbons (Fsp3) is 0.107. The van der Waals surface area contributed by atoms with Crippen LogP contribution in [-0.4, -0.2) is 36.4 Å². The molecule has 0 fully saturated rings. The van der Waals surface area contributed by atoms with Gasteiger partial charge in [0.15, 0.2) is 0 Å². The number of amides is 1. The SMILES string of the molecule is COc1ccc(NS(=O)(=O)c2ccc(NC(=O)CN(c3cccc(C)c3)S(=O)(=O)c3ccccc3)cc2)cc1. The van der Waals surface area contributed by atoms with Crippen LogP contribution >= 0.6 is 0 Å². The van der Waals surface area contributed by atoms with E-state index in [0.29, 0.717) is 22.8 Å². The number of aryl methyl sites for hydroxylation is 1. The molecule has 2 N–H and O–H groups in total. The molecule has 0 aliphatic carbocycles. The Kier molecular flexibility index (Phi) is 8.22. The molecule has 0 aromatic heterocycles. The summed E-state index contributed by atoms with van der Waals surface area (Å²) in [6.07, 6.45) is 0. The highest BCUT2D eigenvalue weighted by Gasteiger charge is 2.27. The van der Waals surface area contributed by atoms with Gasteiger partial charge in [0.2, 0.25) is 5.91 Å². The summed E-state index contributed by atoms with van der Waals surface area (Å²) >= 11 is 0. The van der Waals surface area contributed by atoms with Gasteiger partial charge in [0.1, 0.15) is 12.3 Å². The lowest BCUT2D eigenvalue weighted by molar-refractivity contribution is -0.114. The number of anilines is 3. The van der Waals surface area contributed by atoms with Crippen molar-refractivity contribution in [2.75, 3.05) is 28.0 Å². The summed E-state index contributed by atoms with van der Waals surface area (Å²) in [5.41, 5.74) is 1.86. The molecule has 4 aromatic rings. The molecule has 0 atom stereocenters. The third-order valence-corrected chi connectivity index (χ3v) is 8.88. The summed E-state index contributed by atoms with van der Waals surface area (Å²) in [6, 6.07) is 26.7. The zero-order valence-electron chi connectivity index (χ0n) is 21.2. The van der Waals surface area contributed by atoms with Crippen LogP contribution in [0.25, 0.3) is 0 Å². The van der Waals surface area contributed by atoms with Crippen LogP contribution in [0.15, 0.2) is 113 Å². The second-order valence-electron chi connectivity index (χ2n) is 8.57. The van der Waals surface area contributed by atoms with Crippen molar-refractivity contribution in [2.24, 2.45) is 0 Å². The zero-order chi connectivity index (χ0) is 28.0. The Hall–Kier alpha value is -4.35. The third kappa shape index (κ3) is 6.75. The number of methoxy groups -OCH3 is 1. The molecule has 0 saturated carbocycles. The Bertz CT molecular complexity index is 1660.